The highest BCUT2D eigenvalue weighted by atomic mass is 16.5. The van der Waals surface area contributed by atoms with E-state index in [-0.39, 0.29) is 5.97 Å². The van der Waals surface area contributed by atoms with Crippen molar-refractivity contribution in [3.05, 3.63) is 0 Å². The summed E-state index contributed by atoms with van der Waals surface area (Å²) in [5, 5.41) is 11.8. The van der Waals surface area contributed by atoms with E-state index in [2.05, 4.69) is 5.32 Å². The van der Waals surface area contributed by atoms with Crippen LogP contribution in [0.25, 0.3) is 0 Å². The fraction of sp³-hybridized carbons (Fsp3) is 0.867. The van der Waals surface area contributed by atoms with E-state index < -0.39 is 18.1 Å². The Balaban J connectivity index is 2.48. The molecule has 1 saturated carbocycles. The van der Waals surface area contributed by atoms with Gasteiger partial charge in [0.25, 0.3) is 0 Å². The summed E-state index contributed by atoms with van der Waals surface area (Å²) >= 11 is 0. The summed E-state index contributed by atoms with van der Waals surface area (Å²) in [4.78, 5) is 22.8. The van der Waals surface area contributed by atoms with E-state index in [0.717, 1.165) is 6.42 Å². The van der Waals surface area contributed by atoms with Gasteiger partial charge in [-0.05, 0) is 32.6 Å². The van der Waals surface area contributed by atoms with Gasteiger partial charge in [-0.15, -0.1) is 0 Å². The van der Waals surface area contributed by atoms with Crippen LogP contribution in [0.3, 0.4) is 0 Å². The third kappa shape index (κ3) is 5.90. The number of carbonyl (C=O) groups excluding carboxylic acids is 1. The molecule has 0 aliphatic heterocycles. The van der Waals surface area contributed by atoms with Crippen LogP contribution in [0.2, 0.25) is 0 Å². The van der Waals surface area contributed by atoms with Gasteiger partial charge in [0.2, 0.25) is 0 Å². The summed E-state index contributed by atoms with van der Waals surface area (Å²) in [6, 6.07) is -1.25. The second-order valence-electron chi connectivity index (χ2n) is 5.61. The maximum Gasteiger partial charge on any atom is 0.323 e. The van der Waals surface area contributed by atoms with Gasteiger partial charge < -0.3 is 9.84 Å². The van der Waals surface area contributed by atoms with E-state index in [0.29, 0.717) is 18.9 Å². The minimum Gasteiger partial charge on any atom is -0.480 e. The molecule has 0 aromatic heterocycles. The highest BCUT2D eigenvalue weighted by Gasteiger charge is 2.25. The van der Waals surface area contributed by atoms with Gasteiger partial charge in [-0.2, -0.15) is 0 Å². The standard InChI is InChI=1S/C15H27NO4/c1-3-20-15(19)13(16-11(2)14(17)18)10-9-12-7-5-4-6-8-12/h11-13,16H,3-10H2,1-2H3,(H,17,18)/t11-,13-/m0/s1. The number of rotatable bonds is 8. The van der Waals surface area contributed by atoms with Crippen molar-refractivity contribution in [3.63, 3.8) is 0 Å². The van der Waals surface area contributed by atoms with Gasteiger partial charge >= 0.3 is 11.9 Å². The van der Waals surface area contributed by atoms with Crippen molar-refractivity contribution in [1.29, 1.82) is 0 Å². The predicted molar refractivity (Wildman–Crippen MR) is 76.5 cm³/mol. The van der Waals surface area contributed by atoms with Gasteiger partial charge in [0.15, 0.2) is 0 Å². The summed E-state index contributed by atoms with van der Waals surface area (Å²) in [6.45, 7) is 3.63. The maximum absolute atomic E-state index is 11.9. The lowest BCUT2D eigenvalue weighted by molar-refractivity contribution is -0.147. The Morgan fingerprint density at radius 3 is 2.50 bits per heavy atom. The lowest BCUT2D eigenvalue weighted by atomic mass is 9.85. The van der Waals surface area contributed by atoms with Crippen LogP contribution in [-0.4, -0.2) is 35.7 Å². The molecule has 20 heavy (non-hydrogen) atoms. The van der Waals surface area contributed by atoms with Crippen molar-refractivity contribution < 1.29 is 19.4 Å². The molecule has 5 heteroatoms. The van der Waals surface area contributed by atoms with E-state index in [1.807, 2.05) is 0 Å². The Morgan fingerprint density at radius 1 is 1.30 bits per heavy atom. The molecule has 2 N–H and O–H groups in total. The first-order chi connectivity index (χ1) is 9.54. The summed E-state index contributed by atoms with van der Waals surface area (Å²) in [5.41, 5.74) is 0. The SMILES string of the molecule is CCOC(=O)[C@H](CCC1CCCCC1)N[C@@H](C)C(=O)O. The first-order valence-corrected chi connectivity index (χ1v) is 7.70. The van der Waals surface area contributed by atoms with E-state index >= 15 is 0 Å². The van der Waals surface area contributed by atoms with Gasteiger partial charge in [0, 0.05) is 0 Å². The lowest BCUT2D eigenvalue weighted by Crippen LogP contribution is -2.46. The molecule has 0 aromatic carbocycles. The average Bonchev–Trinajstić information content (AvgIpc) is 2.44. The van der Waals surface area contributed by atoms with Crippen LogP contribution in [0, 0.1) is 5.92 Å². The molecule has 1 aliphatic rings. The highest BCUT2D eigenvalue weighted by Crippen LogP contribution is 2.27. The van der Waals surface area contributed by atoms with Crippen LogP contribution >= 0.6 is 0 Å². The maximum atomic E-state index is 11.9. The monoisotopic (exact) mass is 285 g/mol. The molecule has 0 unspecified atom stereocenters. The number of carboxylic acid groups (broad SMARTS) is 1. The van der Waals surface area contributed by atoms with Gasteiger partial charge in [0.1, 0.15) is 12.1 Å². The number of aliphatic carboxylic acids is 1. The minimum atomic E-state index is -0.947. The molecule has 0 spiro atoms. The Kier molecular flexibility index (Phi) is 7.59. The quantitative estimate of drug-likeness (QED) is 0.669. The zero-order chi connectivity index (χ0) is 15.0. The average molecular weight is 285 g/mol. The molecule has 2 atom stereocenters. The van der Waals surface area contributed by atoms with Gasteiger partial charge in [-0.25, -0.2) is 0 Å². The van der Waals surface area contributed by atoms with Crippen LogP contribution in [0.5, 0.6) is 0 Å². The van der Waals surface area contributed by atoms with Crippen molar-refractivity contribution in [3.8, 4) is 0 Å². The number of carbonyl (C=O) groups is 2. The number of carboxylic acids is 1. The molecular formula is C15H27NO4. The van der Waals surface area contributed by atoms with Crippen molar-refractivity contribution in [1.82, 2.24) is 5.32 Å². The minimum absolute atomic E-state index is 0.321. The second kappa shape index (κ2) is 8.95. The second-order valence-corrected chi connectivity index (χ2v) is 5.61. The number of hydrogen-bond acceptors (Lipinski definition) is 4. The summed E-state index contributed by atoms with van der Waals surface area (Å²) in [5.74, 6) is -0.615. The molecule has 1 aliphatic carbocycles. The number of ether oxygens (including phenoxy) is 1. The van der Waals surface area contributed by atoms with Gasteiger partial charge in [0.05, 0.1) is 6.61 Å². The number of nitrogens with one attached hydrogen (secondary N) is 1. The topological polar surface area (TPSA) is 75.6 Å². The largest absolute Gasteiger partial charge is 0.480 e. The highest BCUT2D eigenvalue weighted by molar-refractivity contribution is 5.78. The number of esters is 1. The first-order valence-electron chi connectivity index (χ1n) is 7.70. The molecule has 0 amide bonds. The molecular weight excluding hydrogens is 258 g/mol. The van der Waals surface area contributed by atoms with Crippen LogP contribution in [0.1, 0.15) is 58.8 Å². The van der Waals surface area contributed by atoms with Gasteiger partial charge in [-0.1, -0.05) is 32.1 Å². The number of hydrogen-bond donors (Lipinski definition) is 2. The third-order valence-electron chi connectivity index (χ3n) is 3.98. The molecule has 116 valence electrons. The summed E-state index contributed by atoms with van der Waals surface area (Å²) in [6.07, 6.45) is 7.92. The Bertz CT molecular complexity index is 313. The fourth-order valence-corrected chi connectivity index (χ4v) is 2.76. The zero-order valence-electron chi connectivity index (χ0n) is 12.6. The zero-order valence-corrected chi connectivity index (χ0v) is 12.6. The molecule has 0 aromatic rings. The Labute approximate surface area is 121 Å². The summed E-state index contributed by atoms with van der Waals surface area (Å²) < 4.78 is 5.03. The fourth-order valence-electron chi connectivity index (χ4n) is 2.76. The van der Waals surface area contributed by atoms with E-state index in [1.54, 1.807) is 13.8 Å². The van der Waals surface area contributed by atoms with Crippen molar-refractivity contribution in [2.45, 2.75) is 70.9 Å². The third-order valence-corrected chi connectivity index (χ3v) is 3.98. The summed E-state index contributed by atoms with van der Waals surface area (Å²) in [7, 11) is 0. The van der Waals surface area contributed by atoms with Gasteiger partial charge in [-0.3, -0.25) is 14.9 Å². The van der Waals surface area contributed by atoms with Crippen molar-refractivity contribution >= 4 is 11.9 Å². The predicted octanol–water partition coefficient (Wildman–Crippen LogP) is 2.34. The smallest absolute Gasteiger partial charge is 0.323 e. The van der Waals surface area contributed by atoms with Crippen LogP contribution < -0.4 is 5.32 Å². The van der Waals surface area contributed by atoms with E-state index in [1.165, 1.54) is 32.1 Å². The van der Waals surface area contributed by atoms with Crippen LogP contribution in [0.4, 0.5) is 0 Å². The molecule has 0 bridgehead atoms. The lowest BCUT2D eigenvalue weighted by Gasteiger charge is -2.25. The van der Waals surface area contributed by atoms with E-state index in [4.69, 9.17) is 9.84 Å². The Morgan fingerprint density at radius 2 is 1.95 bits per heavy atom. The molecule has 1 rings (SSSR count). The normalized spacial score (nSPS) is 19.3. The molecule has 0 saturated heterocycles. The Hall–Kier alpha value is -1.10. The van der Waals surface area contributed by atoms with Crippen molar-refractivity contribution in [2.24, 2.45) is 5.92 Å². The molecule has 1 fully saturated rings. The first kappa shape index (κ1) is 17.0. The van der Waals surface area contributed by atoms with Crippen LogP contribution in [-0.2, 0) is 14.3 Å². The molecule has 0 heterocycles. The van der Waals surface area contributed by atoms with Crippen molar-refractivity contribution in [2.75, 3.05) is 6.61 Å². The van der Waals surface area contributed by atoms with Crippen LogP contribution in [0.15, 0.2) is 0 Å². The van der Waals surface area contributed by atoms with E-state index in [9.17, 15) is 9.59 Å². The molecule has 0 radical (unpaired) electrons. The molecule has 5 nitrogen and oxygen atoms in total.